The van der Waals surface area contributed by atoms with Crippen LogP contribution in [0.2, 0.25) is 0 Å². The van der Waals surface area contributed by atoms with Crippen molar-refractivity contribution in [3.63, 3.8) is 0 Å². The molecule has 0 saturated carbocycles. The van der Waals surface area contributed by atoms with Gasteiger partial charge in [-0.2, -0.15) is 15.0 Å². The second kappa shape index (κ2) is 8.65. The maximum absolute atomic E-state index is 12.3. The summed E-state index contributed by atoms with van der Waals surface area (Å²) in [5, 5.41) is 16.3. The van der Waals surface area contributed by atoms with Crippen LogP contribution in [0.4, 0.5) is 5.69 Å². The molecule has 1 aromatic carbocycles. The molecule has 0 bridgehead atoms. The van der Waals surface area contributed by atoms with Crippen LogP contribution in [-0.2, 0) is 11.5 Å². The van der Waals surface area contributed by atoms with Gasteiger partial charge in [-0.15, -0.1) is 11.8 Å². The summed E-state index contributed by atoms with van der Waals surface area (Å²) in [7, 11) is 1.80. The Balaban J connectivity index is 2.08. The van der Waals surface area contributed by atoms with Crippen LogP contribution < -0.4 is 15.8 Å². The Labute approximate surface area is 156 Å². The van der Waals surface area contributed by atoms with E-state index in [-0.39, 0.29) is 24.7 Å². The number of anilines is 1. The number of likely N-dealkylation sites (N-methyl/N-ethyl adjacent to an activating group) is 1. The minimum Gasteiger partial charge on any atom is -0.320 e. The number of benzene rings is 1. The fourth-order valence-corrected chi connectivity index (χ4v) is 3.09. The Bertz CT molecular complexity index is 917. The van der Waals surface area contributed by atoms with Crippen molar-refractivity contribution in [2.45, 2.75) is 25.4 Å². The van der Waals surface area contributed by atoms with Gasteiger partial charge in [0.1, 0.15) is 11.6 Å². The summed E-state index contributed by atoms with van der Waals surface area (Å²) >= 11 is 1.56. The highest BCUT2D eigenvalue weighted by molar-refractivity contribution is 7.98. The summed E-state index contributed by atoms with van der Waals surface area (Å²) in [5.74, 6) is -0.151. The number of aromatic nitrogens is 2. The number of rotatable bonds is 6. The van der Waals surface area contributed by atoms with Gasteiger partial charge in [-0.1, -0.05) is 12.1 Å². The van der Waals surface area contributed by atoms with Crippen molar-refractivity contribution in [2.24, 2.45) is 0 Å². The standard InChI is InChI=1S/C18H21N5O2S/c1-12-13(2)21-23(18(25)14(12)9-19)11-22(3)10-17(24)20-15-7-5-6-8-16(15)26-4/h5-8H,10-11H2,1-4H3,(H,20,24)/p+1. The molecule has 2 rings (SSSR count). The molecule has 0 aliphatic heterocycles. The molecule has 0 radical (unpaired) electrons. The van der Waals surface area contributed by atoms with Gasteiger partial charge in [-0.25, -0.2) is 0 Å². The fraction of sp³-hybridized carbons (Fsp3) is 0.333. The lowest BCUT2D eigenvalue weighted by atomic mass is 10.1. The third-order valence-electron chi connectivity index (χ3n) is 4.01. The maximum Gasteiger partial charge on any atom is 0.289 e. The highest BCUT2D eigenvalue weighted by atomic mass is 32.2. The number of thioether (sulfide) groups is 1. The number of carbonyl (C=O) groups excluding carboxylic acids is 1. The second-order valence-electron chi connectivity index (χ2n) is 6.04. The lowest BCUT2D eigenvalue weighted by molar-refractivity contribution is -0.895. The molecule has 8 heteroatoms. The number of quaternary nitrogens is 1. The van der Waals surface area contributed by atoms with E-state index in [0.29, 0.717) is 11.3 Å². The first-order valence-corrected chi connectivity index (χ1v) is 9.32. The van der Waals surface area contributed by atoms with E-state index < -0.39 is 5.56 Å². The van der Waals surface area contributed by atoms with E-state index >= 15 is 0 Å². The van der Waals surface area contributed by atoms with Crippen molar-refractivity contribution in [2.75, 3.05) is 25.2 Å². The van der Waals surface area contributed by atoms with E-state index in [1.165, 1.54) is 4.68 Å². The SMILES string of the molecule is CSc1ccccc1NC(=O)C[NH+](C)Cn1nc(C)c(C)c(C#N)c1=O. The average molecular weight is 372 g/mol. The summed E-state index contributed by atoms with van der Waals surface area (Å²) < 4.78 is 1.25. The van der Waals surface area contributed by atoms with Gasteiger partial charge in [0.05, 0.1) is 18.4 Å². The number of aryl methyl sites for hydroxylation is 1. The summed E-state index contributed by atoms with van der Waals surface area (Å²) in [5.41, 5.74) is 1.67. The van der Waals surface area contributed by atoms with Crippen LogP contribution in [0.25, 0.3) is 0 Å². The normalized spacial score (nSPS) is 11.7. The zero-order valence-corrected chi connectivity index (χ0v) is 16.1. The molecule has 0 spiro atoms. The molecule has 1 atom stereocenters. The second-order valence-corrected chi connectivity index (χ2v) is 6.89. The number of carbonyl (C=O) groups is 1. The molecule has 0 aliphatic carbocycles. The molecule has 1 amide bonds. The predicted octanol–water partition coefficient (Wildman–Crippen LogP) is 0.565. The maximum atomic E-state index is 12.3. The fourth-order valence-electron chi connectivity index (χ4n) is 2.54. The summed E-state index contributed by atoms with van der Waals surface area (Å²) in [4.78, 5) is 26.4. The zero-order valence-electron chi connectivity index (χ0n) is 15.3. The molecule has 0 aliphatic rings. The van der Waals surface area contributed by atoms with Gasteiger partial charge in [0.25, 0.3) is 11.5 Å². The molecule has 1 aromatic heterocycles. The van der Waals surface area contributed by atoms with E-state index in [1.807, 2.05) is 36.6 Å². The number of amides is 1. The first-order valence-electron chi connectivity index (χ1n) is 8.10. The number of nitrogens with one attached hydrogen (secondary N) is 2. The van der Waals surface area contributed by atoms with E-state index in [4.69, 9.17) is 0 Å². The number of nitrogens with zero attached hydrogens (tertiary/aromatic N) is 3. The predicted molar refractivity (Wildman–Crippen MR) is 101 cm³/mol. The Morgan fingerprint density at radius 2 is 2.08 bits per heavy atom. The summed E-state index contributed by atoms with van der Waals surface area (Å²) in [6, 6.07) is 9.53. The molecule has 136 valence electrons. The van der Waals surface area contributed by atoms with Gasteiger partial charge in [0.2, 0.25) is 0 Å². The van der Waals surface area contributed by atoms with Crippen molar-refractivity contribution >= 4 is 23.4 Å². The molecule has 1 unspecified atom stereocenters. The highest BCUT2D eigenvalue weighted by Crippen LogP contribution is 2.24. The number of hydrogen-bond acceptors (Lipinski definition) is 5. The summed E-state index contributed by atoms with van der Waals surface area (Å²) in [6.07, 6.45) is 1.95. The smallest absolute Gasteiger partial charge is 0.289 e. The molecule has 7 nitrogen and oxygen atoms in total. The highest BCUT2D eigenvalue weighted by Gasteiger charge is 2.16. The van der Waals surface area contributed by atoms with E-state index in [2.05, 4.69) is 10.4 Å². The zero-order chi connectivity index (χ0) is 19.3. The van der Waals surface area contributed by atoms with E-state index in [1.54, 1.807) is 32.7 Å². The van der Waals surface area contributed by atoms with E-state index in [9.17, 15) is 14.9 Å². The van der Waals surface area contributed by atoms with Crippen LogP contribution >= 0.6 is 11.8 Å². The van der Waals surface area contributed by atoms with Gasteiger partial charge in [0, 0.05) is 4.90 Å². The van der Waals surface area contributed by atoms with Crippen molar-refractivity contribution in [1.29, 1.82) is 5.26 Å². The molecular formula is C18H22N5O2S+. The van der Waals surface area contributed by atoms with Crippen LogP contribution in [0, 0.1) is 25.2 Å². The minimum atomic E-state index is -0.428. The molecule has 0 saturated heterocycles. The molecule has 2 N–H and O–H groups in total. The van der Waals surface area contributed by atoms with Crippen molar-refractivity contribution in [3.8, 4) is 6.07 Å². The quantitative estimate of drug-likeness (QED) is 0.723. The molecule has 2 aromatic rings. The average Bonchev–Trinajstić information content (AvgIpc) is 2.60. The lowest BCUT2D eigenvalue weighted by Crippen LogP contribution is -3.09. The van der Waals surface area contributed by atoms with Crippen LogP contribution in [0.5, 0.6) is 0 Å². The van der Waals surface area contributed by atoms with Gasteiger partial charge < -0.3 is 10.2 Å². The van der Waals surface area contributed by atoms with Crippen molar-refractivity contribution in [3.05, 3.63) is 51.4 Å². The van der Waals surface area contributed by atoms with Crippen LogP contribution in [0.15, 0.2) is 34.0 Å². The monoisotopic (exact) mass is 372 g/mol. The largest absolute Gasteiger partial charge is 0.320 e. The third-order valence-corrected chi connectivity index (χ3v) is 4.81. The van der Waals surface area contributed by atoms with Gasteiger partial charge >= 0.3 is 0 Å². The number of para-hydroxylation sites is 1. The molecule has 0 fully saturated rings. The molecule has 1 heterocycles. The Morgan fingerprint density at radius 3 is 2.73 bits per heavy atom. The van der Waals surface area contributed by atoms with E-state index in [0.717, 1.165) is 15.5 Å². The van der Waals surface area contributed by atoms with Crippen LogP contribution in [-0.4, -0.2) is 35.5 Å². The first kappa shape index (κ1) is 19.7. The number of hydrogen-bond donors (Lipinski definition) is 2. The van der Waals surface area contributed by atoms with Crippen LogP contribution in [0.1, 0.15) is 16.8 Å². The topological polar surface area (TPSA) is 92.2 Å². The van der Waals surface area contributed by atoms with Gasteiger partial charge in [0.15, 0.2) is 13.2 Å². The Hall–Kier alpha value is -2.63. The van der Waals surface area contributed by atoms with Crippen molar-refractivity contribution < 1.29 is 9.69 Å². The van der Waals surface area contributed by atoms with Crippen molar-refractivity contribution in [1.82, 2.24) is 9.78 Å². The number of nitriles is 1. The van der Waals surface area contributed by atoms with Crippen LogP contribution in [0.3, 0.4) is 0 Å². The van der Waals surface area contributed by atoms with Gasteiger partial charge in [-0.05, 0) is 37.8 Å². The van der Waals surface area contributed by atoms with Gasteiger partial charge in [-0.3, -0.25) is 9.59 Å². The minimum absolute atomic E-state index is 0.101. The first-order chi connectivity index (χ1) is 12.4. The third kappa shape index (κ3) is 4.50. The lowest BCUT2D eigenvalue weighted by Gasteiger charge is -2.16. The molecule has 26 heavy (non-hydrogen) atoms. The molecular weight excluding hydrogens is 350 g/mol. The summed E-state index contributed by atoms with van der Waals surface area (Å²) in [6.45, 7) is 3.84. The Morgan fingerprint density at radius 1 is 1.38 bits per heavy atom. The Kier molecular flexibility index (Phi) is 6.55.